The molecular weight excluding hydrogens is 579 g/mol. The number of carbonyl (C=O) groups excluding carboxylic acids is 2. The van der Waals surface area contributed by atoms with Crippen LogP contribution in [0.25, 0.3) is 11.4 Å². The van der Waals surface area contributed by atoms with Crippen LogP contribution >= 0.6 is 0 Å². The highest BCUT2D eigenvalue weighted by atomic mass is 28.4. The van der Waals surface area contributed by atoms with Crippen LogP contribution < -0.4 is 5.32 Å². The molecule has 2 amide bonds. The van der Waals surface area contributed by atoms with Gasteiger partial charge in [0.2, 0.25) is 11.8 Å². The summed E-state index contributed by atoms with van der Waals surface area (Å²) in [6.07, 6.45) is 4.25. The van der Waals surface area contributed by atoms with Crippen molar-refractivity contribution in [3.8, 4) is 11.4 Å². The Morgan fingerprint density at radius 2 is 1.62 bits per heavy atom. The van der Waals surface area contributed by atoms with E-state index >= 15 is 0 Å². The number of rotatable bonds is 11. The Kier molecular flexibility index (Phi) is 11.3. The third-order valence-corrected chi connectivity index (χ3v) is 13.8. The minimum Gasteiger partial charge on any atom is -0.417 e. The molecule has 242 valence electrons. The lowest BCUT2D eigenvalue weighted by Gasteiger charge is -2.48. The summed E-state index contributed by atoms with van der Waals surface area (Å²) in [5.41, 5.74) is 3.09. The minimum absolute atomic E-state index is 0.00651. The van der Waals surface area contributed by atoms with Gasteiger partial charge in [-0.25, -0.2) is 9.97 Å². The molecule has 1 N–H and O–H groups in total. The molecule has 1 aromatic heterocycles. The minimum atomic E-state index is -1.91. The monoisotopic (exact) mass is 629 g/mol. The molecule has 1 fully saturated rings. The Morgan fingerprint density at radius 3 is 2.22 bits per heavy atom. The topological polar surface area (TPSA) is 87.7 Å². The van der Waals surface area contributed by atoms with Gasteiger partial charge in [-0.15, -0.1) is 0 Å². The van der Waals surface area contributed by atoms with E-state index in [1.807, 2.05) is 49.1 Å². The average Bonchev–Trinajstić information content (AvgIpc) is 3.01. The van der Waals surface area contributed by atoms with Crippen LogP contribution in [0.2, 0.25) is 18.1 Å². The van der Waals surface area contributed by atoms with Gasteiger partial charge in [0.25, 0.3) is 0 Å². The van der Waals surface area contributed by atoms with Crippen molar-refractivity contribution in [1.82, 2.24) is 25.1 Å². The van der Waals surface area contributed by atoms with Crippen LogP contribution in [-0.4, -0.2) is 71.7 Å². The Morgan fingerprint density at radius 1 is 0.978 bits per heavy atom. The molecule has 2 aromatic carbocycles. The SMILES string of the molecule is CC(C)C(=O)N1[C@H](C)CN([C@H](CCO[Si](C)(C)C(C)(C)C)c2ccccc2)C[C@@H]1C(=O)NCc1ccc(-c2ncccn2)cc1. The van der Waals surface area contributed by atoms with E-state index in [9.17, 15) is 9.59 Å². The number of aromatic nitrogens is 2. The van der Waals surface area contributed by atoms with Crippen LogP contribution in [0, 0.1) is 5.92 Å². The number of nitrogens with one attached hydrogen (secondary N) is 1. The van der Waals surface area contributed by atoms with Crippen molar-refractivity contribution in [3.63, 3.8) is 0 Å². The van der Waals surface area contributed by atoms with Gasteiger partial charge in [-0.2, -0.15) is 0 Å². The number of piperazine rings is 1. The average molecular weight is 630 g/mol. The number of carbonyl (C=O) groups is 2. The van der Waals surface area contributed by atoms with Gasteiger partial charge in [-0.1, -0.05) is 89.2 Å². The lowest BCUT2D eigenvalue weighted by Crippen LogP contribution is -2.65. The molecule has 1 aliphatic rings. The molecule has 9 heteroatoms. The third-order valence-electron chi connectivity index (χ3n) is 9.30. The van der Waals surface area contributed by atoms with E-state index in [2.05, 4.69) is 85.2 Å². The van der Waals surface area contributed by atoms with Gasteiger partial charge in [0.1, 0.15) is 6.04 Å². The van der Waals surface area contributed by atoms with E-state index < -0.39 is 14.4 Å². The van der Waals surface area contributed by atoms with Gasteiger partial charge >= 0.3 is 0 Å². The smallest absolute Gasteiger partial charge is 0.244 e. The summed E-state index contributed by atoms with van der Waals surface area (Å²) in [6, 6.07) is 19.5. The van der Waals surface area contributed by atoms with Crippen molar-refractivity contribution in [3.05, 3.63) is 84.2 Å². The Hall–Kier alpha value is -3.40. The van der Waals surface area contributed by atoms with E-state index in [0.717, 1.165) is 17.5 Å². The number of nitrogens with zero attached hydrogens (tertiary/aromatic N) is 4. The van der Waals surface area contributed by atoms with E-state index in [0.29, 0.717) is 32.1 Å². The van der Waals surface area contributed by atoms with Crippen molar-refractivity contribution in [2.24, 2.45) is 5.92 Å². The molecule has 3 aromatic rings. The van der Waals surface area contributed by atoms with Gasteiger partial charge in [0.05, 0.1) is 0 Å². The quantitative estimate of drug-likeness (QED) is 0.245. The van der Waals surface area contributed by atoms with Crippen molar-refractivity contribution < 1.29 is 14.0 Å². The fourth-order valence-electron chi connectivity index (χ4n) is 5.66. The van der Waals surface area contributed by atoms with Crippen LogP contribution in [0.4, 0.5) is 0 Å². The molecule has 3 atom stereocenters. The van der Waals surface area contributed by atoms with Crippen molar-refractivity contribution in [2.75, 3.05) is 19.7 Å². The summed E-state index contributed by atoms with van der Waals surface area (Å²) in [5.74, 6) is 0.326. The molecule has 45 heavy (non-hydrogen) atoms. The zero-order valence-electron chi connectivity index (χ0n) is 28.3. The maximum Gasteiger partial charge on any atom is 0.244 e. The summed E-state index contributed by atoms with van der Waals surface area (Å²) in [7, 11) is -1.91. The van der Waals surface area contributed by atoms with E-state index in [1.165, 1.54) is 5.56 Å². The largest absolute Gasteiger partial charge is 0.417 e. The summed E-state index contributed by atoms with van der Waals surface area (Å²) >= 11 is 0. The fraction of sp³-hybridized carbons (Fsp3) is 0.500. The molecule has 4 rings (SSSR count). The predicted molar refractivity (Wildman–Crippen MR) is 183 cm³/mol. The molecule has 2 heterocycles. The van der Waals surface area contributed by atoms with Gasteiger partial charge in [0.15, 0.2) is 14.1 Å². The van der Waals surface area contributed by atoms with Crippen LogP contribution in [0.15, 0.2) is 73.1 Å². The molecule has 0 aliphatic carbocycles. The van der Waals surface area contributed by atoms with Gasteiger partial charge in [0, 0.05) is 62.2 Å². The molecule has 0 unspecified atom stereocenters. The normalized spacial score (nSPS) is 18.6. The lowest BCUT2D eigenvalue weighted by molar-refractivity contribution is -0.151. The molecule has 0 saturated carbocycles. The first-order valence-electron chi connectivity index (χ1n) is 16.2. The number of benzene rings is 2. The molecule has 1 aliphatic heterocycles. The molecular formula is C36H51N5O3Si. The van der Waals surface area contributed by atoms with Crippen molar-refractivity contribution in [1.29, 1.82) is 0 Å². The second-order valence-electron chi connectivity index (χ2n) is 14.0. The number of hydrogen-bond acceptors (Lipinski definition) is 6. The first-order chi connectivity index (χ1) is 21.3. The predicted octanol–water partition coefficient (Wildman–Crippen LogP) is 6.47. The first-order valence-corrected chi connectivity index (χ1v) is 19.1. The number of amides is 2. The van der Waals surface area contributed by atoms with Crippen LogP contribution in [-0.2, 0) is 20.6 Å². The first kappa shape index (κ1) is 34.5. The summed E-state index contributed by atoms with van der Waals surface area (Å²) in [5, 5.41) is 3.27. The molecule has 0 spiro atoms. The number of hydrogen-bond donors (Lipinski definition) is 1. The zero-order valence-corrected chi connectivity index (χ0v) is 29.3. The van der Waals surface area contributed by atoms with Crippen molar-refractivity contribution in [2.45, 2.75) is 90.8 Å². The Balaban J connectivity index is 1.53. The Bertz CT molecular complexity index is 1390. The lowest BCUT2D eigenvalue weighted by atomic mass is 9.96. The fourth-order valence-corrected chi connectivity index (χ4v) is 6.72. The van der Waals surface area contributed by atoms with Crippen LogP contribution in [0.3, 0.4) is 0 Å². The van der Waals surface area contributed by atoms with E-state index in [4.69, 9.17) is 4.43 Å². The summed E-state index contributed by atoms with van der Waals surface area (Å²) in [4.78, 5) is 40.3. The standard InChI is InChI=1S/C36H51N5O3Si/c1-26(2)35(43)41-27(3)24-40(31(29-13-10-9-11-14-29)19-22-44-45(7,8)36(4,5)6)25-32(41)34(42)39-23-28-15-17-30(18-16-28)33-37-20-12-21-38-33/h9-18,20-21,26-27,31-32H,19,22-25H2,1-8H3,(H,39,42)/t27-,31-,32-/m1/s1. The summed E-state index contributed by atoms with van der Waals surface area (Å²) in [6.45, 7) is 19.4. The van der Waals surface area contributed by atoms with Crippen LogP contribution in [0.1, 0.15) is 65.1 Å². The third kappa shape index (κ3) is 8.65. The van der Waals surface area contributed by atoms with Gasteiger partial charge in [-0.05, 0) is 48.7 Å². The highest BCUT2D eigenvalue weighted by Crippen LogP contribution is 2.37. The maximum atomic E-state index is 13.9. The molecule has 1 saturated heterocycles. The second-order valence-corrected chi connectivity index (χ2v) is 18.8. The van der Waals surface area contributed by atoms with Gasteiger partial charge in [-0.3, -0.25) is 14.5 Å². The van der Waals surface area contributed by atoms with E-state index in [1.54, 1.807) is 18.5 Å². The maximum absolute atomic E-state index is 13.9. The van der Waals surface area contributed by atoms with Crippen molar-refractivity contribution >= 4 is 20.1 Å². The molecule has 8 nitrogen and oxygen atoms in total. The van der Waals surface area contributed by atoms with Gasteiger partial charge < -0.3 is 14.6 Å². The zero-order chi connectivity index (χ0) is 32.8. The van der Waals surface area contributed by atoms with E-state index in [-0.39, 0.29) is 34.9 Å². The summed E-state index contributed by atoms with van der Waals surface area (Å²) < 4.78 is 6.61. The second kappa shape index (κ2) is 14.8. The highest BCUT2D eigenvalue weighted by Gasteiger charge is 2.42. The highest BCUT2D eigenvalue weighted by molar-refractivity contribution is 6.74. The van der Waals surface area contributed by atoms with Crippen LogP contribution in [0.5, 0.6) is 0 Å². The molecule has 0 bridgehead atoms. The molecule has 0 radical (unpaired) electrons. The Labute approximate surface area is 270 Å².